The van der Waals surface area contributed by atoms with E-state index >= 15 is 0 Å². The quantitative estimate of drug-likeness (QED) is 0.332. The van der Waals surface area contributed by atoms with Crippen LogP contribution < -0.4 is 16.0 Å². The number of carbonyl (C=O) groups is 2. The molecule has 9 nitrogen and oxygen atoms in total. The van der Waals surface area contributed by atoms with Crippen molar-refractivity contribution in [2.75, 3.05) is 18.4 Å². The molecule has 38 heavy (non-hydrogen) atoms. The standard InChI is InChI=1S/C25H24F4N6O3/c26-18-6-3-14(25(27,28)29)11-17(18)16-5-7-20-32-21-12-19(34-35-21)13-2-4-15(10-13)38-24(37)31-9-1-8-30-23(36)22(16)33-20/h3,5-7,11-13,15H,1-2,4,8-10H2,(H,30,36)(H,31,37)(H2,32,33,34,35)/t13-,15+/m0/s1. The van der Waals surface area contributed by atoms with Crippen molar-refractivity contribution in [2.45, 2.75) is 43.9 Å². The summed E-state index contributed by atoms with van der Waals surface area (Å²) in [6, 6.07) is 6.55. The zero-order valence-corrected chi connectivity index (χ0v) is 20.0. The number of alkyl halides is 3. The summed E-state index contributed by atoms with van der Waals surface area (Å²) >= 11 is 0. The molecule has 13 heteroatoms. The Morgan fingerprint density at radius 1 is 0.947 bits per heavy atom. The van der Waals surface area contributed by atoms with Crippen molar-refractivity contribution in [1.29, 1.82) is 0 Å². The predicted octanol–water partition coefficient (Wildman–Crippen LogP) is 4.87. The summed E-state index contributed by atoms with van der Waals surface area (Å²) < 4.78 is 60.1. The van der Waals surface area contributed by atoms with E-state index in [4.69, 9.17) is 4.74 Å². The van der Waals surface area contributed by atoms with Crippen LogP contribution in [0.4, 0.5) is 34.0 Å². The molecule has 1 aliphatic heterocycles. The van der Waals surface area contributed by atoms with Crippen LogP contribution in [-0.4, -0.2) is 46.4 Å². The van der Waals surface area contributed by atoms with Crippen molar-refractivity contribution in [3.8, 4) is 11.1 Å². The molecule has 2 aromatic heterocycles. The molecule has 3 heterocycles. The van der Waals surface area contributed by atoms with Gasteiger partial charge in [-0.25, -0.2) is 14.2 Å². The third-order valence-electron chi connectivity index (χ3n) is 6.55. The molecule has 0 spiro atoms. The second-order valence-corrected chi connectivity index (χ2v) is 9.19. The second kappa shape index (κ2) is 10.3. The van der Waals surface area contributed by atoms with Gasteiger partial charge in [0.15, 0.2) is 5.82 Å². The van der Waals surface area contributed by atoms with E-state index in [1.165, 1.54) is 12.1 Å². The van der Waals surface area contributed by atoms with Crippen LogP contribution in [0.15, 0.2) is 36.4 Å². The van der Waals surface area contributed by atoms with E-state index in [9.17, 15) is 27.2 Å². The van der Waals surface area contributed by atoms with E-state index in [-0.39, 0.29) is 42.2 Å². The number of anilines is 2. The number of hydrogen-bond donors (Lipinski definition) is 4. The third kappa shape index (κ3) is 5.55. The smallest absolute Gasteiger partial charge is 0.416 e. The highest BCUT2D eigenvalue weighted by atomic mass is 19.4. The number of aromatic amines is 1. The summed E-state index contributed by atoms with van der Waals surface area (Å²) in [5, 5.41) is 15.4. The van der Waals surface area contributed by atoms with Gasteiger partial charge in [-0.05, 0) is 56.0 Å². The summed E-state index contributed by atoms with van der Waals surface area (Å²) in [6.07, 6.45) is -2.95. The number of pyridine rings is 1. The Morgan fingerprint density at radius 3 is 2.58 bits per heavy atom. The highest BCUT2D eigenvalue weighted by Gasteiger charge is 2.32. The lowest BCUT2D eigenvalue weighted by molar-refractivity contribution is -0.137. The molecule has 2 amide bonds. The van der Waals surface area contributed by atoms with Gasteiger partial charge in [-0.1, -0.05) is 0 Å². The summed E-state index contributed by atoms with van der Waals surface area (Å²) in [4.78, 5) is 29.5. The summed E-state index contributed by atoms with van der Waals surface area (Å²) in [6.45, 7) is 0.348. The average Bonchev–Trinajstić information content (AvgIpc) is 3.52. The van der Waals surface area contributed by atoms with Gasteiger partial charge in [0, 0.05) is 41.9 Å². The molecule has 1 aromatic carbocycles. The molecule has 1 saturated carbocycles. The maximum atomic E-state index is 14.7. The second-order valence-electron chi connectivity index (χ2n) is 9.19. The largest absolute Gasteiger partial charge is 0.446 e. The van der Waals surface area contributed by atoms with Crippen molar-refractivity contribution in [1.82, 2.24) is 25.8 Å². The Kier molecular flexibility index (Phi) is 6.91. The minimum absolute atomic E-state index is 0.104. The van der Waals surface area contributed by atoms with Crippen LogP contribution in [0.3, 0.4) is 0 Å². The summed E-state index contributed by atoms with van der Waals surface area (Å²) in [5.74, 6) is -0.941. The van der Waals surface area contributed by atoms with E-state index in [1.54, 1.807) is 6.07 Å². The number of nitrogens with one attached hydrogen (secondary N) is 4. The Labute approximate surface area is 214 Å². The van der Waals surface area contributed by atoms with Gasteiger partial charge in [-0.15, -0.1) is 0 Å². The zero-order chi connectivity index (χ0) is 26.9. The summed E-state index contributed by atoms with van der Waals surface area (Å²) in [7, 11) is 0. The van der Waals surface area contributed by atoms with E-state index in [0.29, 0.717) is 43.3 Å². The van der Waals surface area contributed by atoms with Crippen LogP contribution in [0.25, 0.3) is 11.1 Å². The van der Waals surface area contributed by atoms with Crippen LogP contribution in [0.1, 0.15) is 53.3 Å². The molecule has 1 fully saturated rings. The number of hydrogen-bond acceptors (Lipinski definition) is 6. The van der Waals surface area contributed by atoms with Gasteiger partial charge in [-0.2, -0.15) is 18.3 Å². The lowest BCUT2D eigenvalue weighted by atomic mass is 10.00. The number of alkyl carbamates (subject to hydrolysis) is 1. The fourth-order valence-electron chi connectivity index (χ4n) is 4.66. The highest BCUT2D eigenvalue weighted by molar-refractivity contribution is 5.99. The molecule has 2 atom stereocenters. The predicted molar refractivity (Wildman–Crippen MR) is 128 cm³/mol. The van der Waals surface area contributed by atoms with Crippen LogP contribution in [0, 0.1) is 5.82 Å². The normalized spacial score (nSPS) is 20.4. The third-order valence-corrected chi connectivity index (χ3v) is 6.55. The number of rotatable bonds is 1. The van der Waals surface area contributed by atoms with Crippen LogP contribution in [0.5, 0.6) is 0 Å². The first-order valence-corrected chi connectivity index (χ1v) is 12.1. The van der Waals surface area contributed by atoms with Gasteiger partial charge in [0.25, 0.3) is 5.91 Å². The number of amides is 2. The lowest BCUT2D eigenvalue weighted by Crippen LogP contribution is -2.32. The number of fused-ring (bicyclic) bond motifs is 7. The van der Waals surface area contributed by atoms with Gasteiger partial charge in [0.1, 0.15) is 23.4 Å². The average molecular weight is 532 g/mol. The fraction of sp³-hybridized carbons (Fsp3) is 0.360. The van der Waals surface area contributed by atoms with Crippen LogP contribution in [-0.2, 0) is 10.9 Å². The number of H-pyrrole nitrogens is 1. The SMILES string of the molecule is O=C1NCCCNC(=O)c2nc(ccc2-c2cc(C(F)(F)F)ccc2F)Nc2cc([nH]n2)[C@H]2CC[C@H](C2)O1. The summed E-state index contributed by atoms with van der Waals surface area (Å²) in [5.41, 5.74) is -1.00. The molecule has 0 saturated heterocycles. The van der Waals surface area contributed by atoms with Crippen molar-refractivity contribution < 1.29 is 31.9 Å². The number of aromatic nitrogens is 3. The first kappa shape index (κ1) is 25.5. The van der Waals surface area contributed by atoms with Crippen molar-refractivity contribution in [2.24, 2.45) is 0 Å². The molecule has 0 unspecified atom stereocenters. The van der Waals surface area contributed by atoms with E-state index < -0.39 is 35.1 Å². The number of halogens is 4. The first-order valence-electron chi connectivity index (χ1n) is 12.1. The van der Waals surface area contributed by atoms with Gasteiger partial charge in [0.2, 0.25) is 0 Å². The van der Waals surface area contributed by atoms with E-state index in [2.05, 4.69) is 31.1 Å². The van der Waals surface area contributed by atoms with E-state index in [0.717, 1.165) is 12.1 Å². The Balaban J connectivity index is 1.50. The number of carbonyl (C=O) groups excluding carboxylic acids is 2. The number of nitrogens with zero attached hydrogens (tertiary/aromatic N) is 2. The monoisotopic (exact) mass is 532 g/mol. The molecule has 1 aliphatic carbocycles. The van der Waals surface area contributed by atoms with Gasteiger partial charge >= 0.3 is 12.3 Å². The minimum atomic E-state index is -4.70. The minimum Gasteiger partial charge on any atom is -0.446 e. The molecule has 2 aliphatic rings. The van der Waals surface area contributed by atoms with Crippen LogP contribution >= 0.6 is 0 Å². The Hall–Kier alpha value is -4.16. The van der Waals surface area contributed by atoms with Gasteiger partial charge in [-0.3, -0.25) is 9.89 Å². The van der Waals surface area contributed by atoms with Gasteiger partial charge < -0.3 is 20.7 Å². The fourth-order valence-corrected chi connectivity index (χ4v) is 4.66. The zero-order valence-electron chi connectivity index (χ0n) is 20.0. The van der Waals surface area contributed by atoms with Gasteiger partial charge in [0.05, 0.1) is 5.56 Å². The maximum absolute atomic E-state index is 14.7. The Morgan fingerprint density at radius 2 is 1.76 bits per heavy atom. The van der Waals surface area contributed by atoms with E-state index in [1.807, 2.05) is 0 Å². The topological polar surface area (TPSA) is 121 Å². The van der Waals surface area contributed by atoms with Crippen molar-refractivity contribution >= 4 is 23.6 Å². The number of benzene rings is 1. The molecule has 5 rings (SSSR count). The molecule has 200 valence electrons. The highest BCUT2D eigenvalue weighted by Crippen LogP contribution is 2.37. The maximum Gasteiger partial charge on any atom is 0.416 e. The first-order chi connectivity index (χ1) is 18.2. The molecule has 3 aromatic rings. The molecular weight excluding hydrogens is 508 g/mol. The molecule has 6 bridgehead atoms. The molecule has 0 radical (unpaired) electrons. The van der Waals surface area contributed by atoms with Crippen LogP contribution in [0.2, 0.25) is 0 Å². The van der Waals surface area contributed by atoms with Crippen molar-refractivity contribution in [3.05, 3.63) is 59.2 Å². The molecular formula is C25H24F4N6O3. The molecule has 4 N–H and O–H groups in total. The Bertz CT molecular complexity index is 1360. The lowest BCUT2D eigenvalue weighted by Gasteiger charge is -2.15. The number of ether oxygens (including phenoxy) is 1. The van der Waals surface area contributed by atoms with Crippen molar-refractivity contribution in [3.63, 3.8) is 0 Å².